The molecule has 2 aliphatic rings. The van der Waals surface area contributed by atoms with Crippen LogP contribution in [0.15, 0.2) is 131 Å². The SMILES string of the molecule is CCCBr.CCCn1cc(C(=O)Nc2ccc(-c3n[nH]c(=O)c4ccccc34)cc2)cn1.O=C(Nc1ccc(-c2nn(C(C3CC3)C3CC3)c(=O)c3ccccc23)cc1)c1cn[nH]c1. The van der Waals surface area contributed by atoms with Crippen LogP contribution >= 0.6 is 15.9 Å². The normalized spacial score (nSPS) is 13.2. The van der Waals surface area contributed by atoms with E-state index in [-0.39, 0.29) is 29.0 Å². The lowest BCUT2D eigenvalue weighted by Crippen LogP contribution is -2.30. The molecule has 0 spiro atoms. The topological polar surface area (TPSA) is 185 Å². The average molecular weight is 922 g/mol. The van der Waals surface area contributed by atoms with Gasteiger partial charge in [-0.1, -0.05) is 90.4 Å². The van der Waals surface area contributed by atoms with Gasteiger partial charge in [0, 0.05) is 57.5 Å². The summed E-state index contributed by atoms with van der Waals surface area (Å²) in [5, 5.41) is 32.1. The number of halogens is 1. The Morgan fingerprint density at radius 2 is 1.27 bits per heavy atom. The summed E-state index contributed by atoms with van der Waals surface area (Å²) in [4.78, 5) is 50.0. The van der Waals surface area contributed by atoms with Gasteiger partial charge in [-0.2, -0.15) is 20.4 Å². The lowest BCUT2D eigenvalue weighted by atomic mass is 10.0. The fraction of sp³-hybridized carbons (Fsp3) is 0.265. The Balaban J connectivity index is 0.000000163. The maximum absolute atomic E-state index is 13.4. The number of aromatic amines is 2. The predicted molar refractivity (Wildman–Crippen MR) is 255 cm³/mol. The molecule has 0 unspecified atom stereocenters. The number of fused-ring (bicyclic) bond motifs is 2. The molecule has 2 amide bonds. The zero-order valence-corrected chi connectivity index (χ0v) is 37.2. The highest BCUT2D eigenvalue weighted by Crippen LogP contribution is 2.51. The van der Waals surface area contributed by atoms with E-state index in [1.807, 2.05) is 91.0 Å². The van der Waals surface area contributed by atoms with Crippen LogP contribution in [0.1, 0.15) is 79.1 Å². The van der Waals surface area contributed by atoms with E-state index < -0.39 is 0 Å². The van der Waals surface area contributed by atoms with Gasteiger partial charge in [-0.3, -0.25) is 29.0 Å². The molecule has 326 valence electrons. The van der Waals surface area contributed by atoms with Crippen molar-refractivity contribution in [3.8, 4) is 22.5 Å². The molecule has 4 aromatic heterocycles. The van der Waals surface area contributed by atoms with Gasteiger partial charge in [-0.25, -0.2) is 9.78 Å². The molecule has 10 rings (SSSR count). The Kier molecular flexibility index (Phi) is 13.6. The summed E-state index contributed by atoms with van der Waals surface area (Å²) in [5.41, 5.74) is 5.41. The zero-order valence-electron chi connectivity index (χ0n) is 35.6. The Morgan fingerprint density at radius 3 is 1.81 bits per heavy atom. The maximum atomic E-state index is 13.4. The van der Waals surface area contributed by atoms with Crippen molar-refractivity contribution in [1.82, 2.24) is 40.0 Å². The molecule has 2 fully saturated rings. The summed E-state index contributed by atoms with van der Waals surface area (Å²) in [7, 11) is 0. The molecule has 64 heavy (non-hydrogen) atoms. The van der Waals surface area contributed by atoms with Gasteiger partial charge in [-0.05, 0) is 86.8 Å². The monoisotopic (exact) mass is 920 g/mol. The second-order valence-corrected chi connectivity index (χ2v) is 16.8. The van der Waals surface area contributed by atoms with E-state index >= 15 is 0 Å². The average Bonchev–Trinajstić information content (AvgIpc) is 4.24. The van der Waals surface area contributed by atoms with E-state index in [1.165, 1.54) is 38.3 Å². The Bertz CT molecular complexity index is 2980. The first kappa shape index (κ1) is 43.6. The van der Waals surface area contributed by atoms with Crippen LogP contribution in [0.2, 0.25) is 0 Å². The van der Waals surface area contributed by atoms with Gasteiger partial charge >= 0.3 is 0 Å². The smallest absolute Gasteiger partial charge is 0.274 e. The van der Waals surface area contributed by atoms with Crippen LogP contribution in [0.4, 0.5) is 11.4 Å². The Labute approximate surface area is 377 Å². The molecule has 4 aromatic carbocycles. The van der Waals surface area contributed by atoms with Crippen LogP contribution in [-0.4, -0.2) is 57.1 Å². The van der Waals surface area contributed by atoms with Crippen LogP contribution in [0.5, 0.6) is 0 Å². The number of rotatable bonds is 12. The van der Waals surface area contributed by atoms with Gasteiger partial charge in [0.05, 0.1) is 51.7 Å². The second-order valence-electron chi connectivity index (χ2n) is 16.0. The quantitative estimate of drug-likeness (QED) is 0.0873. The first-order valence-corrected chi connectivity index (χ1v) is 22.8. The van der Waals surface area contributed by atoms with Crippen molar-refractivity contribution < 1.29 is 9.59 Å². The maximum Gasteiger partial charge on any atom is 0.274 e. The van der Waals surface area contributed by atoms with Crippen molar-refractivity contribution in [2.24, 2.45) is 11.8 Å². The summed E-state index contributed by atoms with van der Waals surface area (Å²) >= 11 is 3.25. The van der Waals surface area contributed by atoms with Gasteiger partial charge in [0.15, 0.2) is 0 Å². The molecular formula is C49H49BrN10O4. The van der Waals surface area contributed by atoms with E-state index in [9.17, 15) is 19.2 Å². The van der Waals surface area contributed by atoms with Gasteiger partial charge < -0.3 is 10.6 Å². The van der Waals surface area contributed by atoms with Crippen molar-refractivity contribution in [2.75, 3.05) is 16.0 Å². The highest BCUT2D eigenvalue weighted by Gasteiger charge is 2.44. The number of aryl methyl sites for hydroxylation is 1. The third kappa shape index (κ3) is 10.1. The van der Waals surface area contributed by atoms with E-state index in [4.69, 9.17) is 5.10 Å². The minimum absolute atomic E-state index is 0.0112. The highest BCUT2D eigenvalue weighted by molar-refractivity contribution is 9.09. The standard InChI is InChI=1S/C25H23N5O2.C21H19N5O2.C3H7Br/c31-24(18-13-26-27-14-18)28-19-11-9-15(10-12-19)22-20-3-1-2-4-21(20)25(32)30(29-22)23(16-5-6-16)17-7-8-17;1-2-11-26-13-15(12-22-26)20(27)23-16-9-7-14(8-10-16)19-17-5-3-4-6-18(17)21(28)25-24-19;1-2-3-4/h1-4,9-14,16-17,23H,5-8H2,(H,26,27)(H,28,31);3-10,12-13H,2,11H2,1H3,(H,23,27)(H,25,28);2-3H2,1H3. The summed E-state index contributed by atoms with van der Waals surface area (Å²) < 4.78 is 3.53. The molecule has 0 radical (unpaired) electrons. The van der Waals surface area contributed by atoms with E-state index in [1.54, 1.807) is 34.0 Å². The first-order valence-electron chi connectivity index (χ1n) is 21.7. The van der Waals surface area contributed by atoms with Gasteiger partial charge in [0.25, 0.3) is 22.9 Å². The molecule has 2 aliphatic carbocycles. The molecule has 0 aliphatic heterocycles. The predicted octanol–water partition coefficient (Wildman–Crippen LogP) is 9.64. The van der Waals surface area contributed by atoms with E-state index in [0.717, 1.165) is 45.9 Å². The minimum atomic E-state index is -0.222. The molecule has 0 atom stereocenters. The lowest BCUT2D eigenvalue weighted by molar-refractivity contribution is 0.101. The van der Waals surface area contributed by atoms with Crippen molar-refractivity contribution in [3.05, 3.63) is 154 Å². The molecule has 2 saturated carbocycles. The molecule has 14 nitrogen and oxygen atoms in total. The van der Waals surface area contributed by atoms with Crippen molar-refractivity contribution in [3.63, 3.8) is 0 Å². The van der Waals surface area contributed by atoms with Crippen LogP contribution in [-0.2, 0) is 6.54 Å². The molecule has 4 heterocycles. The number of carbonyl (C=O) groups excluding carboxylic acids is 2. The highest BCUT2D eigenvalue weighted by atomic mass is 79.9. The molecule has 8 aromatic rings. The van der Waals surface area contributed by atoms with Crippen molar-refractivity contribution in [1.29, 1.82) is 0 Å². The summed E-state index contributed by atoms with van der Waals surface area (Å²) in [6.07, 6.45) is 13.3. The van der Waals surface area contributed by atoms with Crippen LogP contribution in [0.3, 0.4) is 0 Å². The number of aromatic nitrogens is 8. The molecule has 4 N–H and O–H groups in total. The van der Waals surface area contributed by atoms with Crippen molar-refractivity contribution >= 4 is 60.7 Å². The fourth-order valence-corrected chi connectivity index (χ4v) is 7.65. The van der Waals surface area contributed by atoms with Crippen LogP contribution in [0, 0.1) is 11.8 Å². The Morgan fingerprint density at radius 1 is 0.719 bits per heavy atom. The number of nitrogens with zero attached hydrogens (tertiary/aromatic N) is 6. The number of benzene rings is 4. The summed E-state index contributed by atoms with van der Waals surface area (Å²) in [6.45, 7) is 4.97. The number of nitrogens with one attached hydrogen (secondary N) is 4. The van der Waals surface area contributed by atoms with Gasteiger partial charge in [-0.15, -0.1) is 0 Å². The first-order chi connectivity index (χ1) is 31.3. The number of amides is 2. The second kappa shape index (κ2) is 20.0. The van der Waals surface area contributed by atoms with E-state index in [2.05, 4.69) is 65.9 Å². The molecule has 0 saturated heterocycles. The number of hydrogen-bond donors (Lipinski definition) is 4. The molecule has 0 bridgehead atoms. The fourth-order valence-electron chi connectivity index (χ4n) is 7.65. The summed E-state index contributed by atoms with van der Waals surface area (Å²) in [6, 6.07) is 30.2. The number of hydrogen-bond acceptors (Lipinski definition) is 8. The Hall–Kier alpha value is -7.00. The number of H-pyrrole nitrogens is 2. The number of alkyl halides is 1. The third-order valence-electron chi connectivity index (χ3n) is 11.1. The van der Waals surface area contributed by atoms with E-state index in [0.29, 0.717) is 50.8 Å². The van der Waals surface area contributed by atoms with Crippen molar-refractivity contribution in [2.45, 2.75) is 65.0 Å². The number of carbonyl (C=O) groups is 2. The van der Waals surface area contributed by atoms with Crippen LogP contribution in [0.25, 0.3) is 44.1 Å². The third-order valence-corrected chi connectivity index (χ3v) is 11.9. The number of anilines is 2. The summed E-state index contributed by atoms with van der Waals surface area (Å²) in [5.74, 6) is 0.715. The molecule has 15 heteroatoms. The lowest BCUT2D eigenvalue weighted by Gasteiger charge is -2.20. The zero-order chi connectivity index (χ0) is 44.6. The van der Waals surface area contributed by atoms with Crippen LogP contribution < -0.4 is 21.8 Å². The molecular weight excluding hydrogens is 873 g/mol. The minimum Gasteiger partial charge on any atom is -0.322 e. The van der Waals surface area contributed by atoms with Gasteiger partial charge in [0.2, 0.25) is 0 Å². The largest absolute Gasteiger partial charge is 0.322 e. The van der Waals surface area contributed by atoms with Gasteiger partial charge in [0.1, 0.15) is 0 Å².